The molecule has 0 unspecified atom stereocenters. The van der Waals surface area contributed by atoms with E-state index in [1.54, 1.807) is 12.1 Å². The van der Waals surface area contributed by atoms with Crippen molar-refractivity contribution in [2.45, 2.75) is 13.0 Å². The molecule has 5 rings (SSSR count). The summed E-state index contributed by atoms with van der Waals surface area (Å²) in [5.74, 6) is -0.954. The molecule has 0 radical (unpaired) electrons. The van der Waals surface area contributed by atoms with E-state index in [0.29, 0.717) is 5.39 Å². The Morgan fingerprint density at radius 1 is 1.10 bits per heavy atom. The maximum atomic E-state index is 13.9. The Morgan fingerprint density at radius 2 is 1.97 bits per heavy atom. The number of nitrogens with one attached hydrogen (secondary N) is 2. The largest absolute Gasteiger partial charge is 0.318 e. The van der Waals surface area contributed by atoms with Gasteiger partial charge in [-0.25, -0.2) is 4.39 Å². The standard InChI is InChI=1S/C23H20FN5O/c24-19-4-1-2-5-21(19)26-23(30)22-18-11-16(6-7-20(18)27-28-22)17-10-15(12-25-13-17)14-29-8-3-9-29/h1-2,4-7,10-13H,3,8-9,14H2,(H,26,30)(H,27,28). The number of hydrogen-bond donors (Lipinski definition) is 2. The summed E-state index contributed by atoms with van der Waals surface area (Å²) >= 11 is 0. The zero-order valence-corrected chi connectivity index (χ0v) is 16.2. The van der Waals surface area contributed by atoms with E-state index in [1.165, 1.54) is 18.6 Å². The van der Waals surface area contributed by atoms with Gasteiger partial charge < -0.3 is 5.32 Å². The van der Waals surface area contributed by atoms with Gasteiger partial charge in [0, 0.05) is 29.9 Å². The van der Waals surface area contributed by atoms with Gasteiger partial charge in [0.15, 0.2) is 5.69 Å². The molecular formula is C23H20FN5O. The highest BCUT2D eigenvalue weighted by Crippen LogP contribution is 2.27. The van der Waals surface area contributed by atoms with Gasteiger partial charge >= 0.3 is 0 Å². The molecular weight excluding hydrogens is 381 g/mol. The number of anilines is 1. The van der Waals surface area contributed by atoms with Gasteiger partial charge in [-0.1, -0.05) is 18.2 Å². The Balaban J connectivity index is 1.45. The molecule has 0 spiro atoms. The fourth-order valence-corrected chi connectivity index (χ4v) is 3.64. The van der Waals surface area contributed by atoms with Crippen molar-refractivity contribution < 1.29 is 9.18 Å². The van der Waals surface area contributed by atoms with Gasteiger partial charge in [0.1, 0.15) is 5.82 Å². The zero-order chi connectivity index (χ0) is 20.5. The average molecular weight is 401 g/mol. The van der Waals surface area contributed by atoms with Crippen molar-refractivity contribution >= 4 is 22.5 Å². The Kier molecular flexibility index (Phi) is 4.72. The first-order valence-corrected chi connectivity index (χ1v) is 9.88. The molecule has 6 nitrogen and oxygen atoms in total. The summed E-state index contributed by atoms with van der Waals surface area (Å²) in [7, 11) is 0. The Bertz CT molecular complexity index is 1230. The molecule has 30 heavy (non-hydrogen) atoms. The van der Waals surface area contributed by atoms with E-state index < -0.39 is 11.7 Å². The Labute approximate surface area is 172 Å². The fraction of sp³-hybridized carbons (Fsp3) is 0.174. The van der Waals surface area contributed by atoms with E-state index in [1.807, 2.05) is 30.6 Å². The second kappa shape index (κ2) is 7.68. The zero-order valence-electron chi connectivity index (χ0n) is 16.2. The summed E-state index contributed by atoms with van der Waals surface area (Å²) in [6, 6.07) is 14.0. The number of amides is 1. The van der Waals surface area contributed by atoms with Crippen molar-refractivity contribution in [3.05, 3.63) is 78.0 Å². The Morgan fingerprint density at radius 3 is 2.77 bits per heavy atom. The van der Waals surface area contributed by atoms with E-state index >= 15 is 0 Å². The van der Waals surface area contributed by atoms with Crippen molar-refractivity contribution in [1.82, 2.24) is 20.1 Å². The molecule has 0 aliphatic carbocycles. The second-order valence-electron chi connectivity index (χ2n) is 7.48. The van der Waals surface area contributed by atoms with Crippen LogP contribution in [0.2, 0.25) is 0 Å². The van der Waals surface area contributed by atoms with E-state index in [-0.39, 0.29) is 11.4 Å². The summed E-state index contributed by atoms with van der Waals surface area (Å²) in [6.07, 6.45) is 4.97. The molecule has 4 aromatic rings. The van der Waals surface area contributed by atoms with Crippen LogP contribution in [-0.4, -0.2) is 39.1 Å². The molecule has 0 atom stereocenters. The lowest BCUT2D eigenvalue weighted by Crippen LogP contribution is -2.36. The summed E-state index contributed by atoms with van der Waals surface area (Å²) in [5, 5.41) is 10.3. The minimum Gasteiger partial charge on any atom is -0.318 e. The third-order valence-corrected chi connectivity index (χ3v) is 5.38. The van der Waals surface area contributed by atoms with Crippen LogP contribution in [0, 0.1) is 5.82 Å². The molecule has 2 aromatic carbocycles. The lowest BCUT2D eigenvalue weighted by atomic mass is 10.0. The van der Waals surface area contributed by atoms with Crippen LogP contribution in [0.1, 0.15) is 22.5 Å². The van der Waals surface area contributed by atoms with Crippen LogP contribution in [0.3, 0.4) is 0 Å². The molecule has 7 heteroatoms. The molecule has 1 aliphatic rings. The van der Waals surface area contributed by atoms with Crippen LogP contribution < -0.4 is 5.32 Å². The SMILES string of the molecule is O=C(Nc1ccccc1F)c1n[nH]c2ccc(-c3cncc(CN4CCC4)c3)cc12. The van der Waals surface area contributed by atoms with E-state index in [2.05, 4.69) is 31.5 Å². The van der Waals surface area contributed by atoms with Crippen LogP contribution in [0.15, 0.2) is 60.9 Å². The molecule has 150 valence electrons. The van der Waals surface area contributed by atoms with Crippen LogP contribution in [-0.2, 0) is 6.54 Å². The van der Waals surface area contributed by atoms with Gasteiger partial charge in [-0.15, -0.1) is 0 Å². The third-order valence-electron chi connectivity index (χ3n) is 5.38. The van der Waals surface area contributed by atoms with E-state index in [9.17, 15) is 9.18 Å². The minimum atomic E-state index is -0.489. The number of hydrogen-bond acceptors (Lipinski definition) is 4. The van der Waals surface area contributed by atoms with Crippen LogP contribution in [0.5, 0.6) is 0 Å². The summed E-state index contributed by atoms with van der Waals surface area (Å²) in [4.78, 5) is 19.5. The summed E-state index contributed by atoms with van der Waals surface area (Å²) in [5.41, 5.74) is 4.18. The first kappa shape index (κ1) is 18.4. The minimum absolute atomic E-state index is 0.123. The number of rotatable bonds is 5. The van der Waals surface area contributed by atoms with Crippen molar-refractivity contribution in [2.24, 2.45) is 0 Å². The van der Waals surface area contributed by atoms with Gasteiger partial charge in [-0.05, 0) is 61.0 Å². The topological polar surface area (TPSA) is 73.9 Å². The van der Waals surface area contributed by atoms with Gasteiger partial charge in [-0.2, -0.15) is 5.10 Å². The highest BCUT2D eigenvalue weighted by atomic mass is 19.1. The van der Waals surface area contributed by atoms with Gasteiger partial charge in [0.05, 0.1) is 11.2 Å². The number of para-hydroxylation sites is 1. The molecule has 2 aromatic heterocycles. The number of H-pyrrole nitrogens is 1. The van der Waals surface area contributed by atoms with Crippen molar-refractivity contribution in [3.8, 4) is 11.1 Å². The quantitative estimate of drug-likeness (QED) is 0.525. The number of aromatic amines is 1. The van der Waals surface area contributed by atoms with E-state index in [0.717, 1.165) is 41.8 Å². The van der Waals surface area contributed by atoms with Crippen LogP contribution in [0.25, 0.3) is 22.0 Å². The summed E-state index contributed by atoms with van der Waals surface area (Å²) < 4.78 is 13.9. The number of aromatic nitrogens is 3. The predicted molar refractivity (Wildman–Crippen MR) is 114 cm³/mol. The summed E-state index contributed by atoms with van der Waals surface area (Å²) in [6.45, 7) is 3.16. The van der Waals surface area contributed by atoms with Gasteiger partial charge in [0.2, 0.25) is 0 Å². The number of likely N-dealkylation sites (tertiary alicyclic amines) is 1. The molecule has 1 aliphatic heterocycles. The highest BCUT2D eigenvalue weighted by Gasteiger charge is 2.17. The van der Waals surface area contributed by atoms with Crippen molar-refractivity contribution in [1.29, 1.82) is 0 Å². The molecule has 3 heterocycles. The molecule has 1 amide bonds. The van der Waals surface area contributed by atoms with E-state index in [4.69, 9.17) is 0 Å². The predicted octanol–water partition coefficient (Wildman–Crippen LogP) is 4.22. The highest BCUT2D eigenvalue weighted by molar-refractivity contribution is 6.11. The number of fused-ring (bicyclic) bond motifs is 1. The number of pyridine rings is 1. The molecule has 0 saturated carbocycles. The average Bonchev–Trinajstić information content (AvgIpc) is 3.16. The van der Waals surface area contributed by atoms with Crippen LogP contribution >= 0.6 is 0 Å². The van der Waals surface area contributed by atoms with Gasteiger partial charge in [0.25, 0.3) is 5.91 Å². The smallest absolute Gasteiger partial charge is 0.276 e. The first-order chi connectivity index (χ1) is 14.7. The molecule has 1 saturated heterocycles. The number of benzene rings is 2. The lowest BCUT2D eigenvalue weighted by molar-refractivity contribution is 0.102. The lowest BCUT2D eigenvalue weighted by Gasteiger charge is -2.30. The number of carbonyl (C=O) groups excluding carboxylic acids is 1. The first-order valence-electron chi connectivity index (χ1n) is 9.88. The maximum absolute atomic E-state index is 13.9. The Hall–Kier alpha value is -3.58. The monoisotopic (exact) mass is 401 g/mol. The molecule has 2 N–H and O–H groups in total. The maximum Gasteiger partial charge on any atom is 0.276 e. The molecule has 1 fully saturated rings. The normalized spacial score (nSPS) is 13.9. The number of nitrogens with zero attached hydrogens (tertiary/aromatic N) is 3. The van der Waals surface area contributed by atoms with Gasteiger partial charge in [-0.3, -0.25) is 19.8 Å². The fourth-order valence-electron chi connectivity index (χ4n) is 3.64. The number of halogens is 1. The third kappa shape index (κ3) is 3.55. The van der Waals surface area contributed by atoms with Crippen molar-refractivity contribution in [2.75, 3.05) is 18.4 Å². The van der Waals surface area contributed by atoms with Crippen molar-refractivity contribution in [3.63, 3.8) is 0 Å². The molecule has 0 bridgehead atoms. The second-order valence-corrected chi connectivity index (χ2v) is 7.48. The number of carbonyl (C=O) groups is 1. The van der Waals surface area contributed by atoms with Crippen LogP contribution in [0.4, 0.5) is 10.1 Å².